The van der Waals surface area contributed by atoms with Gasteiger partial charge in [0.2, 0.25) is 5.91 Å². The molecule has 0 radical (unpaired) electrons. The Labute approximate surface area is 149 Å². The summed E-state index contributed by atoms with van der Waals surface area (Å²) < 4.78 is 2.14. The summed E-state index contributed by atoms with van der Waals surface area (Å²) in [6.07, 6.45) is 6.79. The third-order valence-electron chi connectivity index (χ3n) is 4.88. The second-order valence-electron chi connectivity index (χ2n) is 7.51. The fourth-order valence-electron chi connectivity index (χ4n) is 3.46. The highest BCUT2D eigenvalue weighted by Gasteiger charge is 2.34. The number of carbonyl (C=O) groups is 1. The first-order valence-electron chi connectivity index (χ1n) is 9.10. The van der Waals surface area contributed by atoms with Crippen molar-refractivity contribution in [3.8, 4) is 0 Å². The molecule has 0 spiro atoms. The van der Waals surface area contributed by atoms with Gasteiger partial charge in [-0.15, -0.1) is 0 Å². The molecule has 1 unspecified atom stereocenters. The molecule has 0 saturated carbocycles. The van der Waals surface area contributed by atoms with Gasteiger partial charge in [-0.2, -0.15) is 0 Å². The molecule has 2 N–H and O–H groups in total. The Balaban J connectivity index is 1.46. The number of hydrogen-bond donors (Lipinski definition) is 2. The summed E-state index contributed by atoms with van der Waals surface area (Å²) in [5, 5.41) is 6.44. The van der Waals surface area contributed by atoms with Gasteiger partial charge < -0.3 is 15.2 Å². The molecule has 0 aliphatic carbocycles. The van der Waals surface area contributed by atoms with Crippen molar-refractivity contribution in [2.45, 2.75) is 51.7 Å². The minimum Gasteiger partial charge on any atom is -0.349 e. The molecule has 1 saturated heterocycles. The molecule has 1 aliphatic heterocycles. The van der Waals surface area contributed by atoms with E-state index < -0.39 is 0 Å². The Morgan fingerprint density at radius 1 is 1.36 bits per heavy atom. The highest BCUT2D eigenvalue weighted by atomic mass is 16.1. The van der Waals surface area contributed by atoms with Crippen LogP contribution in [0.1, 0.15) is 38.1 Å². The molecule has 1 amide bonds. The van der Waals surface area contributed by atoms with Crippen LogP contribution in [0.3, 0.4) is 0 Å². The summed E-state index contributed by atoms with van der Waals surface area (Å²) in [5.74, 6) is 1.10. The molecule has 5 heteroatoms. The lowest BCUT2D eigenvalue weighted by atomic mass is 9.96. The fraction of sp³-hybridized carbons (Fsp3) is 0.500. The van der Waals surface area contributed by atoms with E-state index in [0.29, 0.717) is 6.54 Å². The SMILES string of the molecule is CC1(C)CC(C(=O)NCc2nccn2CCCc2ccccc2)CN1. The number of nitrogens with one attached hydrogen (secondary N) is 2. The zero-order chi connectivity index (χ0) is 17.7. The zero-order valence-corrected chi connectivity index (χ0v) is 15.2. The number of amides is 1. The van der Waals surface area contributed by atoms with Crippen molar-refractivity contribution in [3.05, 3.63) is 54.1 Å². The number of aryl methyl sites for hydroxylation is 2. The standard InChI is InChI=1S/C20H28N4O/c1-20(2)13-17(14-23-20)19(25)22-15-18-21-10-12-24(18)11-6-9-16-7-4-3-5-8-16/h3-5,7-8,10,12,17,23H,6,9,11,13-15H2,1-2H3,(H,22,25). The molecule has 1 fully saturated rings. The monoisotopic (exact) mass is 340 g/mol. The molecule has 134 valence electrons. The van der Waals surface area contributed by atoms with Gasteiger partial charge in [0.25, 0.3) is 0 Å². The average Bonchev–Trinajstić information content (AvgIpc) is 3.19. The minimum atomic E-state index is 0.0523. The largest absolute Gasteiger partial charge is 0.349 e. The van der Waals surface area contributed by atoms with Crippen molar-refractivity contribution in [3.63, 3.8) is 0 Å². The van der Waals surface area contributed by atoms with Crippen LogP contribution in [-0.2, 0) is 24.3 Å². The van der Waals surface area contributed by atoms with Crippen LogP contribution < -0.4 is 10.6 Å². The van der Waals surface area contributed by atoms with Gasteiger partial charge in [0, 0.05) is 31.0 Å². The van der Waals surface area contributed by atoms with Crippen LogP contribution >= 0.6 is 0 Å². The maximum Gasteiger partial charge on any atom is 0.224 e. The van der Waals surface area contributed by atoms with Gasteiger partial charge >= 0.3 is 0 Å². The first-order valence-corrected chi connectivity index (χ1v) is 9.10. The van der Waals surface area contributed by atoms with Crippen LogP contribution in [0.5, 0.6) is 0 Å². The molecular weight excluding hydrogens is 312 g/mol. The van der Waals surface area contributed by atoms with Crippen LogP contribution in [0.4, 0.5) is 0 Å². The predicted molar refractivity (Wildman–Crippen MR) is 99.0 cm³/mol. The summed E-state index contributed by atoms with van der Waals surface area (Å²) in [6, 6.07) is 10.5. The molecule has 1 aromatic heterocycles. The minimum absolute atomic E-state index is 0.0523. The lowest BCUT2D eigenvalue weighted by Crippen LogP contribution is -2.32. The van der Waals surface area contributed by atoms with Crippen molar-refractivity contribution < 1.29 is 4.79 Å². The van der Waals surface area contributed by atoms with Gasteiger partial charge in [0.1, 0.15) is 5.82 Å². The molecule has 1 aromatic carbocycles. The number of benzene rings is 1. The maximum atomic E-state index is 12.4. The van der Waals surface area contributed by atoms with Crippen molar-refractivity contribution in [1.29, 1.82) is 0 Å². The summed E-state index contributed by atoms with van der Waals surface area (Å²) in [6.45, 7) is 6.44. The van der Waals surface area contributed by atoms with E-state index in [2.05, 4.69) is 58.3 Å². The third-order valence-corrected chi connectivity index (χ3v) is 4.88. The number of imidazole rings is 1. The number of hydrogen-bond acceptors (Lipinski definition) is 3. The summed E-state index contributed by atoms with van der Waals surface area (Å²) in [7, 11) is 0. The number of aromatic nitrogens is 2. The van der Waals surface area contributed by atoms with E-state index in [0.717, 1.165) is 38.2 Å². The smallest absolute Gasteiger partial charge is 0.224 e. The normalized spacial score (nSPS) is 19.0. The van der Waals surface area contributed by atoms with E-state index >= 15 is 0 Å². The van der Waals surface area contributed by atoms with Crippen LogP contribution in [0.25, 0.3) is 0 Å². The van der Waals surface area contributed by atoms with E-state index in [1.165, 1.54) is 5.56 Å². The summed E-state index contributed by atoms with van der Waals surface area (Å²) in [5.41, 5.74) is 1.41. The highest BCUT2D eigenvalue weighted by Crippen LogP contribution is 2.23. The van der Waals surface area contributed by atoms with Gasteiger partial charge in [0.05, 0.1) is 12.5 Å². The van der Waals surface area contributed by atoms with Crippen LogP contribution in [0.15, 0.2) is 42.7 Å². The van der Waals surface area contributed by atoms with Gasteiger partial charge in [-0.3, -0.25) is 4.79 Å². The van der Waals surface area contributed by atoms with Crippen molar-refractivity contribution in [2.75, 3.05) is 6.54 Å². The maximum absolute atomic E-state index is 12.4. The third kappa shape index (κ3) is 4.92. The number of rotatable bonds is 7. The number of carbonyl (C=O) groups excluding carboxylic acids is 1. The fourth-order valence-corrected chi connectivity index (χ4v) is 3.46. The topological polar surface area (TPSA) is 59.0 Å². The summed E-state index contributed by atoms with van der Waals surface area (Å²) in [4.78, 5) is 16.8. The van der Waals surface area contributed by atoms with Crippen LogP contribution in [0, 0.1) is 5.92 Å². The van der Waals surface area contributed by atoms with E-state index in [1.54, 1.807) is 0 Å². The molecule has 2 aromatic rings. The molecule has 1 aliphatic rings. The van der Waals surface area contributed by atoms with Gasteiger partial charge in [0.15, 0.2) is 0 Å². The molecule has 2 heterocycles. The second kappa shape index (κ2) is 7.83. The van der Waals surface area contributed by atoms with E-state index in [1.807, 2.05) is 18.5 Å². The predicted octanol–water partition coefficient (Wildman–Crippen LogP) is 2.52. The average molecular weight is 340 g/mol. The molecule has 1 atom stereocenters. The molecule has 3 rings (SSSR count). The molecule has 25 heavy (non-hydrogen) atoms. The van der Waals surface area contributed by atoms with Crippen LogP contribution in [-0.4, -0.2) is 27.5 Å². The molecular formula is C20H28N4O. The van der Waals surface area contributed by atoms with E-state index in [9.17, 15) is 4.79 Å². The lowest BCUT2D eigenvalue weighted by molar-refractivity contribution is -0.124. The Morgan fingerprint density at radius 3 is 2.88 bits per heavy atom. The van der Waals surface area contributed by atoms with E-state index in [4.69, 9.17) is 0 Å². The quantitative estimate of drug-likeness (QED) is 0.814. The Hall–Kier alpha value is -2.14. The Bertz CT molecular complexity index is 693. The summed E-state index contributed by atoms with van der Waals surface area (Å²) >= 11 is 0. The zero-order valence-electron chi connectivity index (χ0n) is 15.2. The first kappa shape index (κ1) is 17.7. The lowest BCUT2D eigenvalue weighted by Gasteiger charge is -2.17. The van der Waals surface area contributed by atoms with Gasteiger partial charge in [-0.1, -0.05) is 30.3 Å². The Kier molecular flexibility index (Phi) is 5.53. The highest BCUT2D eigenvalue weighted by molar-refractivity contribution is 5.79. The van der Waals surface area contributed by atoms with Crippen molar-refractivity contribution >= 4 is 5.91 Å². The Morgan fingerprint density at radius 2 is 2.16 bits per heavy atom. The van der Waals surface area contributed by atoms with Gasteiger partial charge in [-0.05, 0) is 38.7 Å². The van der Waals surface area contributed by atoms with Gasteiger partial charge in [-0.25, -0.2) is 4.98 Å². The van der Waals surface area contributed by atoms with Crippen molar-refractivity contribution in [2.24, 2.45) is 5.92 Å². The van der Waals surface area contributed by atoms with Crippen molar-refractivity contribution in [1.82, 2.24) is 20.2 Å². The first-order chi connectivity index (χ1) is 12.0. The van der Waals surface area contributed by atoms with E-state index in [-0.39, 0.29) is 17.4 Å². The molecule has 0 bridgehead atoms. The second-order valence-corrected chi connectivity index (χ2v) is 7.51. The molecule has 5 nitrogen and oxygen atoms in total. The number of nitrogens with zero attached hydrogens (tertiary/aromatic N) is 2. The van der Waals surface area contributed by atoms with Crippen LogP contribution in [0.2, 0.25) is 0 Å².